The van der Waals surface area contributed by atoms with Crippen molar-refractivity contribution >= 4 is 31.9 Å². The van der Waals surface area contributed by atoms with Gasteiger partial charge in [-0.3, -0.25) is 4.98 Å². The lowest BCUT2D eigenvalue weighted by Crippen LogP contribution is -1.94. The highest BCUT2D eigenvalue weighted by atomic mass is 79.9. The van der Waals surface area contributed by atoms with E-state index in [0.29, 0.717) is 15.4 Å². The SMILES string of the molecule is FC(F)c1c(Br)cncc1CBr. The molecule has 0 aromatic carbocycles. The van der Waals surface area contributed by atoms with Gasteiger partial charge in [-0.05, 0) is 21.5 Å². The minimum atomic E-state index is -2.46. The third kappa shape index (κ3) is 2.01. The molecule has 0 atom stereocenters. The Balaban J connectivity index is 3.20. The maximum atomic E-state index is 12.4. The van der Waals surface area contributed by atoms with Crippen molar-refractivity contribution in [3.8, 4) is 0 Å². The molecular weight excluding hydrogens is 296 g/mol. The van der Waals surface area contributed by atoms with E-state index in [1.807, 2.05) is 0 Å². The zero-order chi connectivity index (χ0) is 9.14. The Labute approximate surface area is 85.4 Å². The van der Waals surface area contributed by atoms with Crippen LogP contribution in [0.1, 0.15) is 17.6 Å². The molecule has 1 rings (SSSR count). The number of halogens is 4. The van der Waals surface area contributed by atoms with Crippen molar-refractivity contribution in [2.24, 2.45) is 0 Å². The molecule has 0 bridgehead atoms. The molecule has 1 nitrogen and oxygen atoms in total. The fourth-order valence-electron chi connectivity index (χ4n) is 0.836. The summed E-state index contributed by atoms with van der Waals surface area (Å²) in [4.78, 5) is 3.79. The first-order chi connectivity index (χ1) is 5.66. The molecule has 1 aromatic rings. The van der Waals surface area contributed by atoms with Gasteiger partial charge in [0.15, 0.2) is 0 Å². The van der Waals surface area contributed by atoms with Gasteiger partial charge in [0.05, 0.1) is 0 Å². The lowest BCUT2D eigenvalue weighted by atomic mass is 10.2. The minimum absolute atomic E-state index is 0.0156. The highest BCUT2D eigenvalue weighted by molar-refractivity contribution is 9.10. The molecule has 0 aliphatic rings. The highest BCUT2D eigenvalue weighted by Crippen LogP contribution is 2.30. The highest BCUT2D eigenvalue weighted by Gasteiger charge is 2.15. The smallest absolute Gasteiger partial charge is 0.263 e. The maximum absolute atomic E-state index is 12.4. The van der Waals surface area contributed by atoms with Crippen LogP contribution in [0, 0.1) is 0 Å². The van der Waals surface area contributed by atoms with Gasteiger partial charge in [0, 0.05) is 27.8 Å². The van der Waals surface area contributed by atoms with Gasteiger partial charge in [-0.15, -0.1) is 0 Å². The van der Waals surface area contributed by atoms with Crippen LogP contribution >= 0.6 is 31.9 Å². The molecule has 5 heteroatoms. The average Bonchev–Trinajstić information content (AvgIpc) is 2.03. The van der Waals surface area contributed by atoms with Crippen molar-refractivity contribution in [2.45, 2.75) is 11.8 Å². The van der Waals surface area contributed by atoms with E-state index >= 15 is 0 Å². The normalized spacial score (nSPS) is 10.8. The van der Waals surface area contributed by atoms with Crippen molar-refractivity contribution in [1.82, 2.24) is 4.98 Å². The molecule has 0 unspecified atom stereocenters. The third-order valence-corrected chi connectivity index (χ3v) is 2.62. The first kappa shape index (κ1) is 10.1. The van der Waals surface area contributed by atoms with Crippen molar-refractivity contribution in [2.75, 3.05) is 0 Å². The monoisotopic (exact) mass is 299 g/mol. The first-order valence-corrected chi connectivity index (χ1v) is 5.04. The maximum Gasteiger partial charge on any atom is 0.265 e. The number of hydrogen-bond acceptors (Lipinski definition) is 1. The number of nitrogens with zero attached hydrogens (tertiary/aromatic N) is 1. The summed E-state index contributed by atoms with van der Waals surface area (Å²) in [5.41, 5.74) is 0.529. The summed E-state index contributed by atoms with van der Waals surface area (Å²) in [5, 5.41) is 0.388. The molecule has 0 N–H and O–H groups in total. The molecule has 0 radical (unpaired) electrons. The molecule has 0 aliphatic carbocycles. The van der Waals surface area contributed by atoms with Crippen molar-refractivity contribution in [1.29, 1.82) is 0 Å². The Hall–Kier alpha value is -0.0300. The van der Waals surface area contributed by atoms with Gasteiger partial charge in [0.2, 0.25) is 0 Å². The van der Waals surface area contributed by atoms with Crippen LogP contribution in [-0.2, 0) is 5.33 Å². The lowest BCUT2D eigenvalue weighted by molar-refractivity contribution is 0.149. The topological polar surface area (TPSA) is 12.9 Å². The summed E-state index contributed by atoms with van der Waals surface area (Å²) in [7, 11) is 0. The predicted molar refractivity (Wildman–Crippen MR) is 49.5 cm³/mol. The molecule has 0 aliphatic heterocycles. The zero-order valence-electron chi connectivity index (χ0n) is 5.90. The van der Waals surface area contributed by atoms with E-state index in [2.05, 4.69) is 36.8 Å². The van der Waals surface area contributed by atoms with E-state index in [1.54, 1.807) is 0 Å². The molecule has 0 saturated heterocycles. The number of alkyl halides is 3. The Kier molecular flexibility index (Phi) is 3.58. The molecule has 1 aromatic heterocycles. The number of pyridine rings is 1. The summed E-state index contributed by atoms with van der Waals surface area (Å²) in [5.74, 6) is 0. The Morgan fingerprint density at radius 3 is 2.50 bits per heavy atom. The molecule has 0 spiro atoms. The van der Waals surface area contributed by atoms with E-state index in [4.69, 9.17) is 0 Å². The Morgan fingerprint density at radius 1 is 1.42 bits per heavy atom. The number of aromatic nitrogens is 1. The fraction of sp³-hybridized carbons (Fsp3) is 0.286. The average molecular weight is 301 g/mol. The van der Waals surface area contributed by atoms with Crippen LogP contribution in [0.5, 0.6) is 0 Å². The lowest BCUT2D eigenvalue weighted by Gasteiger charge is -2.06. The molecule has 66 valence electrons. The number of hydrogen-bond donors (Lipinski definition) is 0. The predicted octanol–water partition coefficient (Wildman–Crippen LogP) is 3.68. The van der Waals surface area contributed by atoms with Gasteiger partial charge in [0.1, 0.15) is 0 Å². The molecular formula is C7H5Br2F2N. The molecule has 12 heavy (non-hydrogen) atoms. The van der Waals surface area contributed by atoms with Crippen LogP contribution < -0.4 is 0 Å². The second kappa shape index (κ2) is 4.28. The van der Waals surface area contributed by atoms with Gasteiger partial charge in [-0.2, -0.15) is 0 Å². The quantitative estimate of drug-likeness (QED) is 0.759. The van der Waals surface area contributed by atoms with Gasteiger partial charge >= 0.3 is 0 Å². The molecule has 0 saturated carbocycles. The van der Waals surface area contributed by atoms with E-state index in [-0.39, 0.29) is 5.56 Å². The van der Waals surface area contributed by atoms with E-state index in [1.165, 1.54) is 12.4 Å². The summed E-state index contributed by atoms with van der Waals surface area (Å²) < 4.78 is 25.1. The van der Waals surface area contributed by atoms with Crippen LogP contribution in [0.2, 0.25) is 0 Å². The Morgan fingerprint density at radius 2 is 2.08 bits per heavy atom. The second-order valence-corrected chi connectivity index (χ2v) is 3.54. The second-order valence-electron chi connectivity index (χ2n) is 2.13. The summed E-state index contributed by atoms with van der Waals surface area (Å²) in [6, 6.07) is 0. The Bertz CT molecular complexity index is 278. The van der Waals surface area contributed by atoms with Crippen LogP contribution in [0.25, 0.3) is 0 Å². The standard InChI is InChI=1S/C7H5Br2F2N/c8-1-4-2-12-3-5(9)6(4)7(10)11/h2-3,7H,1H2. The summed E-state index contributed by atoms with van der Waals surface area (Å²) in [6.07, 6.45) is 0.337. The van der Waals surface area contributed by atoms with Crippen LogP contribution in [0.15, 0.2) is 16.9 Å². The molecule has 1 heterocycles. The van der Waals surface area contributed by atoms with Crippen LogP contribution in [-0.4, -0.2) is 4.98 Å². The number of rotatable bonds is 2. The van der Waals surface area contributed by atoms with Crippen molar-refractivity contribution < 1.29 is 8.78 Å². The molecule has 0 amide bonds. The summed E-state index contributed by atoms with van der Waals surface area (Å²) >= 11 is 6.14. The van der Waals surface area contributed by atoms with Gasteiger partial charge in [-0.25, -0.2) is 8.78 Å². The van der Waals surface area contributed by atoms with Crippen molar-refractivity contribution in [3.05, 3.63) is 28.0 Å². The van der Waals surface area contributed by atoms with Gasteiger partial charge in [0.25, 0.3) is 6.43 Å². The van der Waals surface area contributed by atoms with Gasteiger partial charge < -0.3 is 0 Å². The minimum Gasteiger partial charge on any atom is -0.263 e. The largest absolute Gasteiger partial charge is 0.265 e. The first-order valence-electron chi connectivity index (χ1n) is 3.13. The zero-order valence-corrected chi connectivity index (χ0v) is 9.07. The summed E-state index contributed by atoms with van der Waals surface area (Å²) in [6.45, 7) is 0. The van der Waals surface area contributed by atoms with Crippen molar-refractivity contribution in [3.63, 3.8) is 0 Å². The van der Waals surface area contributed by atoms with Crippen LogP contribution in [0.4, 0.5) is 8.78 Å². The molecule has 0 fully saturated rings. The van der Waals surface area contributed by atoms with Crippen LogP contribution in [0.3, 0.4) is 0 Å². The van der Waals surface area contributed by atoms with E-state index in [9.17, 15) is 8.78 Å². The van der Waals surface area contributed by atoms with Gasteiger partial charge in [-0.1, -0.05) is 15.9 Å². The third-order valence-electron chi connectivity index (χ3n) is 1.38. The fourth-order valence-corrected chi connectivity index (χ4v) is 1.83. The van der Waals surface area contributed by atoms with E-state index < -0.39 is 6.43 Å². The van der Waals surface area contributed by atoms with E-state index in [0.717, 1.165) is 0 Å².